The van der Waals surface area contributed by atoms with Crippen LogP contribution in [0.5, 0.6) is 0 Å². The number of halogens is 1. The SMILES string of the molecule is CCNC(Cc1cn(C)nn1)c1cc(C)cc(F)c1. The molecule has 1 atom stereocenters. The fourth-order valence-corrected chi connectivity index (χ4v) is 2.22. The highest BCUT2D eigenvalue weighted by Crippen LogP contribution is 2.20. The molecule has 0 aliphatic rings. The molecule has 0 aliphatic heterocycles. The van der Waals surface area contributed by atoms with Crippen molar-refractivity contribution >= 4 is 0 Å². The molecule has 1 aromatic heterocycles. The summed E-state index contributed by atoms with van der Waals surface area (Å²) in [5, 5.41) is 11.4. The van der Waals surface area contributed by atoms with Gasteiger partial charge in [0.05, 0.1) is 5.69 Å². The first-order valence-corrected chi connectivity index (χ1v) is 6.44. The Hall–Kier alpha value is -1.75. The molecule has 0 radical (unpaired) electrons. The monoisotopic (exact) mass is 262 g/mol. The lowest BCUT2D eigenvalue weighted by Crippen LogP contribution is -2.23. The van der Waals surface area contributed by atoms with Gasteiger partial charge in [-0.3, -0.25) is 4.68 Å². The van der Waals surface area contributed by atoms with E-state index in [4.69, 9.17) is 0 Å². The molecule has 1 unspecified atom stereocenters. The second kappa shape index (κ2) is 5.93. The van der Waals surface area contributed by atoms with Gasteiger partial charge in [0, 0.05) is 25.7 Å². The highest BCUT2D eigenvalue weighted by atomic mass is 19.1. The van der Waals surface area contributed by atoms with Gasteiger partial charge in [0.1, 0.15) is 5.82 Å². The molecule has 0 aliphatic carbocycles. The number of hydrogen-bond acceptors (Lipinski definition) is 3. The first-order chi connectivity index (χ1) is 9.08. The molecule has 1 aromatic carbocycles. The second-order valence-corrected chi connectivity index (χ2v) is 4.76. The Labute approximate surface area is 112 Å². The van der Waals surface area contributed by atoms with Crippen molar-refractivity contribution in [2.45, 2.75) is 26.3 Å². The Morgan fingerprint density at radius 2 is 2.16 bits per heavy atom. The quantitative estimate of drug-likeness (QED) is 0.898. The minimum Gasteiger partial charge on any atom is -0.310 e. The Morgan fingerprint density at radius 1 is 1.37 bits per heavy atom. The maximum absolute atomic E-state index is 13.5. The standard InChI is InChI=1S/C14H19FN4/c1-4-16-14(8-13-9-19(3)18-17-13)11-5-10(2)6-12(15)7-11/h5-7,9,14,16H,4,8H2,1-3H3. The number of hydrogen-bond donors (Lipinski definition) is 1. The van der Waals surface area contributed by atoms with Crippen LogP contribution in [0.15, 0.2) is 24.4 Å². The summed E-state index contributed by atoms with van der Waals surface area (Å²) in [7, 11) is 1.84. The summed E-state index contributed by atoms with van der Waals surface area (Å²) in [6, 6.07) is 5.18. The first-order valence-electron chi connectivity index (χ1n) is 6.44. The summed E-state index contributed by atoms with van der Waals surface area (Å²) >= 11 is 0. The van der Waals surface area contributed by atoms with Crippen LogP contribution in [-0.4, -0.2) is 21.5 Å². The Kier molecular flexibility index (Phi) is 4.27. The maximum atomic E-state index is 13.5. The molecule has 1 N–H and O–H groups in total. The minimum atomic E-state index is -0.197. The van der Waals surface area contributed by atoms with Gasteiger partial charge in [0.25, 0.3) is 0 Å². The molecule has 0 saturated heterocycles. The van der Waals surface area contributed by atoms with Crippen LogP contribution in [0.3, 0.4) is 0 Å². The van der Waals surface area contributed by atoms with Crippen LogP contribution >= 0.6 is 0 Å². The van der Waals surface area contributed by atoms with E-state index < -0.39 is 0 Å². The van der Waals surface area contributed by atoms with Gasteiger partial charge in [-0.05, 0) is 36.7 Å². The van der Waals surface area contributed by atoms with E-state index in [9.17, 15) is 4.39 Å². The largest absolute Gasteiger partial charge is 0.310 e. The number of likely N-dealkylation sites (N-methyl/N-ethyl adjacent to an activating group) is 1. The van der Waals surface area contributed by atoms with Crippen molar-refractivity contribution in [1.29, 1.82) is 0 Å². The smallest absolute Gasteiger partial charge is 0.123 e. The highest BCUT2D eigenvalue weighted by Gasteiger charge is 2.14. The van der Waals surface area contributed by atoms with E-state index in [1.807, 2.05) is 33.2 Å². The zero-order valence-electron chi connectivity index (χ0n) is 11.5. The molecule has 0 bridgehead atoms. The van der Waals surface area contributed by atoms with E-state index in [-0.39, 0.29) is 11.9 Å². The van der Waals surface area contributed by atoms with Crippen molar-refractivity contribution < 1.29 is 4.39 Å². The van der Waals surface area contributed by atoms with Crippen LogP contribution < -0.4 is 5.32 Å². The molecule has 102 valence electrons. The minimum absolute atomic E-state index is 0.0519. The Balaban J connectivity index is 2.23. The molecular weight excluding hydrogens is 243 g/mol. The van der Waals surface area contributed by atoms with Crippen molar-refractivity contribution in [2.24, 2.45) is 7.05 Å². The van der Waals surface area contributed by atoms with Crippen molar-refractivity contribution in [3.05, 3.63) is 47.0 Å². The molecule has 1 heterocycles. The molecular formula is C14H19FN4. The van der Waals surface area contributed by atoms with E-state index in [2.05, 4.69) is 15.6 Å². The van der Waals surface area contributed by atoms with E-state index in [1.165, 1.54) is 6.07 Å². The van der Waals surface area contributed by atoms with Crippen molar-refractivity contribution in [3.8, 4) is 0 Å². The van der Waals surface area contributed by atoms with E-state index >= 15 is 0 Å². The lowest BCUT2D eigenvalue weighted by molar-refractivity contribution is 0.536. The van der Waals surface area contributed by atoms with Crippen molar-refractivity contribution in [3.63, 3.8) is 0 Å². The lowest BCUT2D eigenvalue weighted by atomic mass is 10.00. The van der Waals surface area contributed by atoms with Crippen molar-refractivity contribution in [1.82, 2.24) is 20.3 Å². The van der Waals surface area contributed by atoms with Crippen LogP contribution in [0.25, 0.3) is 0 Å². The summed E-state index contributed by atoms with van der Waals surface area (Å²) in [4.78, 5) is 0. The first kappa shape index (κ1) is 13.7. The number of nitrogens with zero attached hydrogens (tertiary/aromatic N) is 3. The van der Waals surface area contributed by atoms with Crippen LogP contribution in [0.2, 0.25) is 0 Å². The zero-order chi connectivity index (χ0) is 13.8. The molecule has 0 spiro atoms. The molecule has 0 amide bonds. The molecule has 2 aromatic rings. The fourth-order valence-electron chi connectivity index (χ4n) is 2.22. The fraction of sp³-hybridized carbons (Fsp3) is 0.429. The van der Waals surface area contributed by atoms with Gasteiger partial charge >= 0.3 is 0 Å². The van der Waals surface area contributed by atoms with Gasteiger partial charge in [-0.1, -0.05) is 18.2 Å². The van der Waals surface area contributed by atoms with E-state index in [1.54, 1.807) is 10.7 Å². The summed E-state index contributed by atoms with van der Waals surface area (Å²) in [6.07, 6.45) is 2.58. The topological polar surface area (TPSA) is 42.7 Å². The summed E-state index contributed by atoms with van der Waals surface area (Å²) in [5.41, 5.74) is 2.78. The molecule has 19 heavy (non-hydrogen) atoms. The summed E-state index contributed by atoms with van der Waals surface area (Å²) in [5.74, 6) is -0.197. The number of rotatable bonds is 5. The van der Waals surface area contributed by atoms with Gasteiger partial charge in [-0.15, -0.1) is 5.10 Å². The van der Waals surface area contributed by atoms with Gasteiger partial charge in [-0.2, -0.15) is 0 Å². The van der Waals surface area contributed by atoms with Crippen molar-refractivity contribution in [2.75, 3.05) is 6.54 Å². The van der Waals surface area contributed by atoms with E-state index in [0.29, 0.717) is 6.42 Å². The van der Waals surface area contributed by atoms with Crippen LogP contribution in [0.1, 0.15) is 29.8 Å². The third-order valence-corrected chi connectivity index (χ3v) is 2.98. The predicted octanol–water partition coefficient (Wildman–Crippen LogP) is 2.16. The summed E-state index contributed by atoms with van der Waals surface area (Å²) in [6.45, 7) is 4.76. The second-order valence-electron chi connectivity index (χ2n) is 4.76. The molecule has 5 heteroatoms. The normalized spacial score (nSPS) is 12.6. The lowest BCUT2D eigenvalue weighted by Gasteiger charge is -2.17. The average Bonchev–Trinajstić information content (AvgIpc) is 2.73. The molecule has 2 rings (SSSR count). The molecule has 0 fully saturated rings. The number of aromatic nitrogens is 3. The van der Waals surface area contributed by atoms with Crippen LogP contribution in [0, 0.1) is 12.7 Å². The van der Waals surface area contributed by atoms with Gasteiger partial charge in [-0.25, -0.2) is 4.39 Å². The molecule has 4 nitrogen and oxygen atoms in total. The number of aryl methyl sites for hydroxylation is 2. The van der Waals surface area contributed by atoms with Gasteiger partial charge in [0.2, 0.25) is 0 Å². The molecule has 0 saturated carbocycles. The zero-order valence-corrected chi connectivity index (χ0v) is 11.5. The van der Waals surface area contributed by atoms with Crippen LogP contribution in [0.4, 0.5) is 4.39 Å². The highest BCUT2D eigenvalue weighted by molar-refractivity contribution is 5.27. The Morgan fingerprint density at radius 3 is 2.74 bits per heavy atom. The van der Waals surface area contributed by atoms with Gasteiger partial charge in [0.15, 0.2) is 0 Å². The third-order valence-electron chi connectivity index (χ3n) is 2.98. The Bertz CT molecular complexity index is 530. The summed E-state index contributed by atoms with van der Waals surface area (Å²) < 4.78 is 15.2. The average molecular weight is 262 g/mol. The van der Waals surface area contributed by atoms with Crippen LogP contribution in [-0.2, 0) is 13.5 Å². The number of benzene rings is 1. The maximum Gasteiger partial charge on any atom is 0.123 e. The predicted molar refractivity (Wildman–Crippen MR) is 72.3 cm³/mol. The number of nitrogens with one attached hydrogen (secondary N) is 1. The van der Waals surface area contributed by atoms with E-state index in [0.717, 1.165) is 23.4 Å². The van der Waals surface area contributed by atoms with Gasteiger partial charge < -0.3 is 5.32 Å². The third kappa shape index (κ3) is 3.61.